The van der Waals surface area contributed by atoms with Crippen LogP contribution >= 0.6 is 0 Å². The summed E-state index contributed by atoms with van der Waals surface area (Å²) in [5.41, 5.74) is -0.00182. The fourth-order valence-corrected chi connectivity index (χ4v) is 3.29. The van der Waals surface area contributed by atoms with Crippen molar-refractivity contribution in [2.75, 3.05) is 20.2 Å². The number of rotatable bonds is 4. The Labute approximate surface area is 106 Å². The Morgan fingerprint density at radius 3 is 2.71 bits per heavy atom. The van der Waals surface area contributed by atoms with Gasteiger partial charge in [0.25, 0.3) is 0 Å². The molecule has 2 fully saturated rings. The van der Waals surface area contributed by atoms with Gasteiger partial charge in [-0.1, -0.05) is 0 Å². The van der Waals surface area contributed by atoms with Crippen LogP contribution < -0.4 is 5.32 Å². The minimum absolute atomic E-state index is 0.00182. The number of likely N-dealkylation sites (tertiary alicyclic amines) is 1. The molecule has 17 heavy (non-hydrogen) atoms. The maximum Gasteiger partial charge on any atom is 0.0637 e. The van der Waals surface area contributed by atoms with Crippen molar-refractivity contribution in [2.24, 2.45) is 0 Å². The fraction of sp³-hybridized carbons (Fsp3) is 1.00. The Morgan fingerprint density at radius 2 is 2.00 bits per heavy atom. The van der Waals surface area contributed by atoms with Gasteiger partial charge in [-0.3, -0.25) is 4.90 Å². The normalized spacial score (nSPS) is 32.5. The van der Waals surface area contributed by atoms with Crippen molar-refractivity contribution < 1.29 is 4.74 Å². The van der Waals surface area contributed by atoms with Crippen molar-refractivity contribution in [3.8, 4) is 0 Å². The van der Waals surface area contributed by atoms with Crippen molar-refractivity contribution in [1.29, 1.82) is 0 Å². The lowest BCUT2D eigenvalue weighted by Gasteiger charge is -2.35. The van der Waals surface area contributed by atoms with Crippen molar-refractivity contribution in [3.63, 3.8) is 0 Å². The van der Waals surface area contributed by atoms with Crippen LogP contribution in [0.3, 0.4) is 0 Å². The minimum atomic E-state index is -0.00182. The van der Waals surface area contributed by atoms with Crippen LogP contribution in [0.1, 0.15) is 46.5 Å². The standard InChI is InChI=1S/C14H28N2O/c1-11(9-14(2,3)17-4)16-8-7-12-5-6-13(10-16)15-12/h11-13,15H,5-10H2,1-4H3. The summed E-state index contributed by atoms with van der Waals surface area (Å²) >= 11 is 0. The highest BCUT2D eigenvalue weighted by molar-refractivity contribution is 4.91. The number of fused-ring (bicyclic) bond motifs is 2. The SMILES string of the molecule is COC(C)(C)CC(C)N1CCC2CCC(C1)N2. The zero-order chi connectivity index (χ0) is 12.5. The Kier molecular flexibility index (Phi) is 4.11. The molecule has 0 radical (unpaired) electrons. The van der Waals surface area contributed by atoms with E-state index in [9.17, 15) is 0 Å². The molecule has 3 heteroatoms. The van der Waals surface area contributed by atoms with Gasteiger partial charge in [-0.25, -0.2) is 0 Å². The molecule has 2 aliphatic heterocycles. The molecular formula is C14H28N2O. The molecule has 3 nitrogen and oxygen atoms in total. The molecule has 100 valence electrons. The van der Waals surface area contributed by atoms with Crippen LogP contribution in [0.25, 0.3) is 0 Å². The van der Waals surface area contributed by atoms with Crippen LogP contribution in [0.2, 0.25) is 0 Å². The second-order valence-electron chi connectivity index (χ2n) is 6.44. The summed E-state index contributed by atoms with van der Waals surface area (Å²) < 4.78 is 5.55. The minimum Gasteiger partial charge on any atom is -0.379 e. The summed E-state index contributed by atoms with van der Waals surface area (Å²) in [6.07, 6.45) is 5.17. The molecule has 0 aromatic rings. The van der Waals surface area contributed by atoms with Crippen molar-refractivity contribution in [3.05, 3.63) is 0 Å². The number of nitrogens with one attached hydrogen (secondary N) is 1. The van der Waals surface area contributed by atoms with E-state index in [0.717, 1.165) is 18.5 Å². The molecule has 2 bridgehead atoms. The summed E-state index contributed by atoms with van der Waals surface area (Å²) in [5, 5.41) is 3.74. The van der Waals surface area contributed by atoms with Crippen LogP contribution in [-0.2, 0) is 4.74 Å². The average Bonchev–Trinajstić information content (AvgIpc) is 2.57. The van der Waals surface area contributed by atoms with Crippen LogP contribution in [-0.4, -0.2) is 48.8 Å². The first-order chi connectivity index (χ1) is 8.00. The lowest BCUT2D eigenvalue weighted by atomic mass is 9.97. The smallest absolute Gasteiger partial charge is 0.0637 e. The molecule has 0 aromatic carbocycles. The molecule has 2 aliphatic rings. The third-order valence-electron chi connectivity index (χ3n) is 4.52. The number of hydrogen-bond acceptors (Lipinski definition) is 3. The zero-order valence-corrected chi connectivity index (χ0v) is 11.8. The van der Waals surface area contributed by atoms with Crippen molar-refractivity contribution in [2.45, 2.75) is 70.2 Å². The number of ether oxygens (including phenoxy) is 1. The summed E-state index contributed by atoms with van der Waals surface area (Å²) in [6.45, 7) is 9.18. The molecule has 0 aliphatic carbocycles. The Bertz CT molecular complexity index is 255. The van der Waals surface area contributed by atoms with Gasteiger partial charge in [0.1, 0.15) is 0 Å². The first-order valence-electron chi connectivity index (χ1n) is 7.05. The second kappa shape index (κ2) is 5.25. The van der Waals surface area contributed by atoms with E-state index in [2.05, 4.69) is 31.0 Å². The average molecular weight is 240 g/mol. The maximum absolute atomic E-state index is 5.55. The summed E-state index contributed by atoms with van der Waals surface area (Å²) in [5.74, 6) is 0. The Morgan fingerprint density at radius 1 is 1.29 bits per heavy atom. The van der Waals surface area contributed by atoms with E-state index in [0.29, 0.717) is 6.04 Å². The van der Waals surface area contributed by atoms with Gasteiger partial charge in [-0.15, -0.1) is 0 Å². The van der Waals surface area contributed by atoms with Crippen LogP contribution in [0.5, 0.6) is 0 Å². The molecule has 0 spiro atoms. The van der Waals surface area contributed by atoms with Gasteiger partial charge in [-0.05, 0) is 53.0 Å². The molecule has 2 saturated heterocycles. The summed E-state index contributed by atoms with van der Waals surface area (Å²) in [7, 11) is 1.82. The van der Waals surface area contributed by atoms with E-state index < -0.39 is 0 Å². The van der Waals surface area contributed by atoms with E-state index >= 15 is 0 Å². The summed E-state index contributed by atoms with van der Waals surface area (Å²) in [6, 6.07) is 2.13. The number of nitrogens with zero attached hydrogens (tertiary/aromatic N) is 1. The highest BCUT2D eigenvalue weighted by Gasteiger charge is 2.32. The molecule has 0 saturated carbocycles. The van der Waals surface area contributed by atoms with Crippen LogP contribution in [0, 0.1) is 0 Å². The lowest BCUT2D eigenvalue weighted by Crippen LogP contribution is -2.43. The van der Waals surface area contributed by atoms with E-state index in [1.807, 2.05) is 7.11 Å². The molecule has 3 atom stereocenters. The predicted molar refractivity (Wildman–Crippen MR) is 71.3 cm³/mol. The Balaban J connectivity index is 1.89. The third-order valence-corrected chi connectivity index (χ3v) is 4.52. The van der Waals surface area contributed by atoms with Crippen LogP contribution in [0.15, 0.2) is 0 Å². The lowest BCUT2D eigenvalue weighted by molar-refractivity contribution is -0.00664. The van der Waals surface area contributed by atoms with Gasteiger partial charge in [0.05, 0.1) is 5.60 Å². The van der Waals surface area contributed by atoms with Gasteiger partial charge in [-0.2, -0.15) is 0 Å². The monoisotopic (exact) mass is 240 g/mol. The first-order valence-corrected chi connectivity index (χ1v) is 7.05. The third kappa shape index (κ3) is 3.43. The van der Waals surface area contributed by atoms with Gasteiger partial charge < -0.3 is 10.1 Å². The first kappa shape index (κ1) is 13.3. The summed E-state index contributed by atoms with van der Waals surface area (Å²) in [4.78, 5) is 2.65. The maximum atomic E-state index is 5.55. The van der Waals surface area contributed by atoms with E-state index in [-0.39, 0.29) is 5.60 Å². The predicted octanol–water partition coefficient (Wildman–Crippen LogP) is 2.02. The quantitative estimate of drug-likeness (QED) is 0.813. The van der Waals surface area contributed by atoms with Crippen molar-refractivity contribution in [1.82, 2.24) is 10.2 Å². The molecule has 2 rings (SSSR count). The largest absolute Gasteiger partial charge is 0.379 e. The highest BCUT2D eigenvalue weighted by Crippen LogP contribution is 2.25. The van der Waals surface area contributed by atoms with E-state index in [4.69, 9.17) is 4.74 Å². The Hall–Kier alpha value is -0.120. The second-order valence-corrected chi connectivity index (χ2v) is 6.44. The molecule has 3 unspecified atom stereocenters. The molecule has 0 aromatic heterocycles. The highest BCUT2D eigenvalue weighted by atomic mass is 16.5. The molecule has 0 amide bonds. The van der Waals surface area contributed by atoms with Gasteiger partial charge in [0.2, 0.25) is 0 Å². The topological polar surface area (TPSA) is 24.5 Å². The molecule has 1 N–H and O–H groups in total. The fourth-order valence-electron chi connectivity index (χ4n) is 3.29. The van der Waals surface area contributed by atoms with Crippen LogP contribution in [0.4, 0.5) is 0 Å². The van der Waals surface area contributed by atoms with Gasteiger partial charge in [0.15, 0.2) is 0 Å². The number of methoxy groups -OCH3 is 1. The van der Waals surface area contributed by atoms with Crippen molar-refractivity contribution >= 4 is 0 Å². The van der Waals surface area contributed by atoms with E-state index in [1.165, 1.54) is 32.4 Å². The zero-order valence-electron chi connectivity index (χ0n) is 11.8. The van der Waals surface area contributed by atoms with Gasteiger partial charge in [0, 0.05) is 31.8 Å². The van der Waals surface area contributed by atoms with E-state index in [1.54, 1.807) is 0 Å². The number of hydrogen-bond donors (Lipinski definition) is 1. The molecular weight excluding hydrogens is 212 g/mol. The van der Waals surface area contributed by atoms with Gasteiger partial charge >= 0.3 is 0 Å². The molecule has 2 heterocycles.